The molecule has 4 nitrogen and oxygen atoms in total. The Morgan fingerprint density at radius 2 is 1.94 bits per heavy atom. The van der Waals surface area contributed by atoms with E-state index in [1.807, 2.05) is 0 Å². The van der Waals surface area contributed by atoms with Crippen molar-refractivity contribution in [3.63, 3.8) is 0 Å². The van der Waals surface area contributed by atoms with Gasteiger partial charge >= 0.3 is 0 Å². The van der Waals surface area contributed by atoms with Crippen LogP contribution in [0.1, 0.15) is 10.4 Å². The molecule has 0 N–H and O–H groups in total. The lowest BCUT2D eigenvalue weighted by Gasteiger charge is -2.32. The van der Waals surface area contributed by atoms with E-state index in [1.54, 1.807) is 24.1 Å². The number of amides is 2. The molecule has 0 radical (unpaired) electrons. The topological polar surface area (TPSA) is 40.6 Å². The largest absolute Gasteiger partial charge is 0.342 e. The molecule has 1 aliphatic rings. The first kappa shape index (κ1) is 13.2. The average Bonchev–Trinajstić information content (AvgIpc) is 2.35. The predicted molar refractivity (Wildman–Crippen MR) is 70.0 cm³/mol. The number of piperazine rings is 1. The fourth-order valence-electron chi connectivity index (χ4n) is 1.74. The van der Waals surface area contributed by atoms with Crippen molar-refractivity contribution in [1.29, 1.82) is 0 Å². The Balaban J connectivity index is 2.16. The molecule has 1 aromatic rings. The van der Waals surface area contributed by atoms with Gasteiger partial charge in [0.1, 0.15) is 6.54 Å². The highest BCUT2D eigenvalue weighted by Crippen LogP contribution is 2.23. The third-order valence-corrected chi connectivity index (χ3v) is 3.65. The van der Waals surface area contributed by atoms with E-state index in [9.17, 15) is 9.59 Å². The molecule has 0 aliphatic carbocycles. The van der Waals surface area contributed by atoms with Crippen LogP contribution in [0.5, 0.6) is 0 Å². The van der Waals surface area contributed by atoms with Crippen LogP contribution in [0.4, 0.5) is 0 Å². The molecule has 0 unspecified atom stereocenters. The van der Waals surface area contributed by atoms with Gasteiger partial charge in [-0.1, -0.05) is 23.2 Å². The van der Waals surface area contributed by atoms with Crippen LogP contribution in [0.2, 0.25) is 10.0 Å². The van der Waals surface area contributed by atoms with E-state index in [-0.39, 0.29) is 18.4 Å². The Kier molecular flexibility index (Phi) is 3.78. The standard InChI is InChI=1S/C12H12Cl2N2O2/c1-15-4-5-16(7-11(15)17)12(18)8-2-3-9(13)10(14)6-8/h2-3,6H,4-5,7H2,1H3. The van der Waals surface area contributed by atoms with Gasteiger partial charge in [0, 0.05) is 25.7 Å². The zero-order valence-corrected chi connectivity index (χ0v) is 11.3. The van der Waals surface area contributed by atoms with Gasteiger partial charge in [-0.3, -0.25) is 9.59 Å². The molecule has 2 rings (SSSR count). The fraction of sp³-hybridized carbons (Fsp3) is 0.333. The molecule has 96 valence electrons. The summed E-state index contributed by atoms with van der Waals surface area (Å²) in [6.07, 6.45) is 0. The summed E-state index contributed by atoms with van der Waals surface area (Å²) in [4.78, 5) is 26.8. The summed E-state index contributed by atoms with van der Waals surface area (Å²) in [5.74, 6) is -0.260. The van der Waals surface area contributed by atoms with Crippen molar-refractivity contribution in [3.8, 4) is 0 Å². The van der Waals surface area contributed by atoms with E-state index in [4.69, 9.17) is 23.2 Å². The Morgan fingerprint density at radius 1 is 1.22 bits per heavy atom. The maximum absolute atomic E-state index is 12.2. The van der Waals surface area contributed by atoms with Crippen molar-refractivity contribution in [2.24, 2.45) is 0 Å². The summed E-state index contributed by atoms with van der Waals surface area (Å²) < 4.78 is 0. The molecule has 6 heteroatoms. The van der Waals surface area contributed by atoms with Crippen LogP contribution < -0.4 is 0 Å². The molecule has 1 heterocycles. The van der Waals surface area contributed by atoms with E-state index in [2.05, 4.69) is 0 Å². The number of likely N-dealkylation sites (N-methyl/N-ethyl adjacent to an activating group) is 1. The third kappa shape index (κ3) is 2.60. The summed E-state index contributed by atoms with van der Waals surface area (Å²) in [6.45, 7) is 1.18. The second-order valence-corrected chi connectivity index (χ2v) is 4.99. The van der Waals surface area contributed by atoms with Crippen LogP contribution in [-0.4, -0.2) is 48.3 Å². The minimum Gasteiger partial charge on any atom is -0.342 e. The first-order valence-electron chi connectivity index (χ1n) is 5.47. The molecule has 2 amide bonds. The van der Waals surface area contributed by atoms with Crippen LogP contribution in [0.3, 0.4) is 0 Å². The highest BCUT2D eigenvalue weighted by molar-refractivity contribution is 6.42. The quantitative estimate of drug-likeness (QED) is 0.791. The molecule has 1 aromatic carbocycles. The van der Waals surface area contributed by atoms with Crippen LogP contribution >= 0.6 is 23.2 Å². The van der Waals surface area contributed by atoms with Gasteiger partial charge in [0.2, 0.25) is 5.91 Å². The molecule has 1 saturated heterocycles. The number of hydrogen-bond donors (Lipinski definition) is 0. The molecular weight excluding hydrogens is 275 g/mol. The van der Waals surface area contributed by atoms with Gasteiger partial charge in [-0.05, 0) is 18.2 Å². The maximum Gasteiger partial charge on any atom is 0.254 e. The first-order chi connectivity index (χ1) is 8.49. The van der Waals surface area contributed by atoms with Gasteiger partial charge in [0.15, 0.2) is 0 Å². The zero-order valence-electron chi connectivity index (χ0n) is 9.82. The number of carbonyl (C=O) groups excluding carboxylic acids is 2. The Hall–Kier alpha value is -1.26. The first-order valence-corrected chi connectivity index (χ1v) is 6.23. The van der Waals surface area contributed by atoms with Gasteiger partial charge in [-0.15, -0.1) is 0 Å². The van der Waals surface area contributed by atoms with Gasteiger partial charge in [0.25, 0.3) is 5.91 Å². The Morgan fingerprint density at radius 3 is 2.56 bits per heavy atom. The number of halogens is 2. The van der Waals surface area contributed by atoms with E-state index in [0.717, 1.165) is 0 Å². The molecule has 0 atom stereocenters. The summed E-state index contributed by atoms with van der Waals surface area (Å²) in [5.41, 5.74) is 0.446. The number of nitrogens with zero attached hydrogens (tertiary/aromatic N) is 2. The smallest absolute Gasteiger partial charge is 0.254 e. The lowest BCUT2D eigenvalue weighted by Crippen LogP contribution is -2.50. The van der Waals surface area contributed by atoms with Crippen molar-refractivity contribution in [3.05, 3.63) is 33.8 Å². The molecule has 0 spiro atoms. The number of carbonyl (C=O) groups is 2. The van der Waals surface area contributed by atoms with Gasteiger partial charge in [0.05, 0.1) is 10.0 Å². The summed E-state index contributed by atoms with van der Waals surface area (Å²) in [6, 6.07) is 4.71. The summed E-state index contributed by atoms with van der Waals surface area (Å²) in [7, 11) is 1.73. The molecular formula is C12H12Cl2N2O2. The second kappa shape index (κ2) is 5.16. The Bertz CT molecular complexity index is 505. The zero-order chi connectivity index (χ0) is 13.3. The number of benzene rings is 1. The van der Waals surface area contributed by atoms with Gasteiger partial charge < -0.3 is 9.80 Å². The highest BCUT2D eigenvalue weighted by atomic mass is 35.5. The second-order valence-electron chi connectivity index (χ2n) is 4.17. The molecule has 0 aromatic heterocycles. The minimum atomic E-state index is -0.199. The maximum atomic E-state index is 12.2. The highest BCUT2D eigenvalue weighted by Gasteiger charge is 2.25. The molecule has 0 bridgehead atoms. The van der Waals surface area contributed by atoms with Gasteiger partial charge in [-0.25, -0.2) is 0 Å². The van der Waals surface area contributed by atoms with E-state index >= 15 is 0 Å². The van der Waals surface area contributed by atoms with Crippen LogP contribution in [-0.2, 0) is 4.79 Å². The lowest BCUT2D eigenvalue weighted by atomic mass is 10.2. The van der Waals surface area contributed by atoms with Crippen LogP contribution in [0, 0.1) is 0 Å². The fourth-order valence-corrected chi connectivity index (χ4v) is 2.04. The number of hydrogen-bond acceptors (Lipinski definition) is 2. The Labute approximate surface area is 115 Å². The van der Waals surface area contributed by atoms with Crippen molar-refractivity contribution in [2.75, 3.05) is 26.7 Å². The van der Waals surface area contributed by atoms with Crippen LogP contribution in [0.15, 0.2) is 18.2 Å². The third-order valence-electron chi connectivity index (χ3n) is 2.91. The van der Waals surface area contributed by atoms with E-state index < -0.39 is 0 Å². The molecule has 1 fully saturated rings. The SMILES string of the molecule is CN1CCN(C(=O)c2ccc(Cl)c(Cl)c2)CC1=O. The summed E-state index contributed by atoms with van der Waals surface area (Å²) >= 11 is 11.7. The minimum absolute atomic E-state index is 0.0605. The van der Waals surface area contributed by atoms with E-state index in [0.29, 0.717) is 28.7 Å². The van der Waals surface area contributed by atoms with E-state index in [1.165, 1.54) is 11.0 Å². The number of rotatable bonds is 1. The molecule has 0 saturated carbocycles. The summed E-state index contributed by atoms with van der Waals surface area (Å²) in [5, 5.41) is 0.741. The average molecular weight is 287 g/mol. The monoisotopic (exact) mass is 286 g/mol. The molecule has 1 aliphatic heterocycles. The molecule has 18 heavy (non-hydrogen) atoms. The van der Waals surface area contributed by atoms with Gasteiger partial charge in [-0.2, -0.15) is 0 Å². The predicted octanol–water partition coefficient (Wildman–Crippen LogP) is 1.91. The van der Waals surface area contributed by atoms with Crippen LogP contribution in [0.25, 0.3) is 0 Å². The van der Waals surface area contributed by atoms with Crippen molar-refractivity contribution in [2.45, 2.75) is 0 Å². The lowest BCUT2D eigenvalue weighted by molar-refractivity contribution is -0.133. The normalized spacial score (nSPS) is 16.1. The van der Waals surface area contributed by atoms with Crippen molar-refractivity contribution < 1.29 is 9.59 Å². The van der Waals surface area contributed by atoms with Crippen molar-refractivity contribution >= 4 is 35.0 Å². The van der Waals surface area contributed by atoms with Crippen molar-refractivity contribution in [1.82, 2.24) is 9.80 Å².